The normalized spacial score (nSPS) is 9.89. The third-order valence-electron chi connectivity index (χ3n) is 2.47. The number of likely N-dealkylation sites (N-methyl/N-ethyl adjacent to an activating group) is 1. The molecule has 18 heavy (non-hydrogen) atoms. The maximum Gasteiger partial charge on any atom is 0.294 e. The fourth-order valence-electron chi connectivity index (χ4n) is 1.51. The molecule has 0 spiro atoms. The van der Waals surface area contributed by atoms with E-state index in [-0.39, 0.29) is 5.91 Å². The van der Waals surface area contributed by atoms with Crippen LogP contribution in [0.1, 0.15) is 19.4 Å². The lowest BCUT2D eigenvalue weighted by Gasteiger charge is -2.19. The second-order valence-electron chi connectivity index (χ2n) is 4.01. The smallest absolute Gasteiger partial charge is 0.294 e. The molecule has 0 aliphatic heterocycles. The van der Waals surface area contributed by atoms with Crippen LogP contribution in [-0.4, -0.2) is 30.0 Å². The molecular formula is C12H16ClN3O2. The minimum Gasteiger partial charge on any atom is -0.491 e. The van der Waals surface area contributed by atoms with Crippen molar-refractivity contribution in [3.63, 3.8) is 0 Å². The summed E-state index contributed by atoms with van der Waals surface area (Å²) < 4.78 is 5.10. The number of hydrogen-bond acceptors (Lipinski definition) is 4. The summed E-state index contributed by atoms with van der Waals surface area (Å²) in [7, 11) is 3.09. The molecule has 6 heteroatoms. The highest BCUT2D eigenvalue weighted by atomic mass is 35.5. The number of allylic oxidation sites excluding steroid dienone is 1. The Kier molecular flexibility index (Phi) is 4.67. The lowest BCUT2D eigenvalue weighted by Crippen LogP contribution is -2.30. The van der Waals surface area contributed by atoms with E-state index in [0.717, 1.165) is 5.57 Å². The number of amides is 1. The van der Waals surface area contributed by atoms with Gasteiger partial charge in [-0.3, -0.25) is 9.69 Å². The van der Waals surface area contributed by atoms with Crippen molar-refractivity contribution in [2.24, 2.45) is 0 Å². The molecule has 0 aliphatic rings. The molecule has 0 N–H and O–H groups in total. The van der Waals surface area contributed by atoms with Crippen LogP contribution in [0.4, 0.5) is 5.82 Å². The maximum absolute atomic E-state index is 12.2. The van der Waals surface area contributed by atoms with Gasteiger partial charge in [0.05, 0.1) is 7.11 Å². The number of anilines is 1. The monoisotopic (exact) mass is 269 g/mol. The predicted molar refractivity (Wildman–Crippen MR) is 70.6 cm³/mol. The number of aromatic nitrogens is 2. The average molecular weight is 270 g/mol. The van der Waals surface area contributed by atoms with E-state index in [1.54, 1.807) is 14.0 Å². The van der Waals surface area contributed by atoms with Gasteiger partial charge in [0.25, 0.3) is 5.91 Å². The summed E-state index contributed by atoms with van der Waals surface area (Å²) in [6.07, 6.45) is 1.32. The Bertz CT molecular complexity index is 496. The zero-order chi connectivity index (χ0) is 13.9. The first-order valence-corrected chi connectivity index (χ1v) is 5.74. The number of ether oxygens (including phenoxy) is 1. The van der Waals surface area contributed by atoms with Gasteiger partial charge in [0.15, 0.2) is 5.76 Å². The van der Waals surface area contributed by atoms with E-state index in [1.807, 2.05) is 13.8 Å². The van der Waals surface area contributed by atoms with Gasteiger partial charge >= 0.3 is 0 Å². The maximum atomic E-state index is 12.2. The van der Waals surface area contributed by atoms with Gasteiger partial charge in [-0.05, 0) is 26.3 Å². The lowest BCUT2D eigenvalue weighted by atomic mass is 10.2. The highest BCUT2D eigenvalue weighted by Gasteiger charge is 2.21. The van der Waals surface area contributed by atoms with Gasteiger partial charge in [-0.15, -0.1) is 0 Å². The van der Waals surface area contributed by atoms with Gasteiger partial charge in [0.1, 0.15) is 17.3 Å². The van der Waals surface area contributed by atoms with Gasteiger partial charge in [-0.1, -0.05) is 11.6 Å². The van der Waals surface area contributed by atoms with Gasteiger partial charge in [-0.25, -0.2) is 9.97 Å². The van der Waals surface area contributed by atoms with Crippen LogP contribution in [0.5, 0.6) is 0 Å². The quantitative estimate of drug-likeness (QED) is 0.480. The molecule has 1 rings (SSSR count). The first-order valence-electron chi connectivity index (χ1n) is 5.36. The van der Waals surface area contributed by atoms with Crippen molar-refractivity contribution >= 4 is 23.3 Å². The molecule has 1 aromatic heterocycles. The van der Waals surface area contributed by atoms with E-state index in [4.69, 9.17) is 16.3 Å². The number of carbonyl (C=O) groups is 1. The molecule has 1 amide bonds. The van der Waals surface area contributed by atoms with Crippen LogP contribution < -0.4 is 4.90 Å². The molecule has 5 nitrogen and oxygen atoms in total. The van der Waals surface area contributed by atoms with E-state index < -0.39 is 0 Å². The number of hydrogen-bond donors (Lipinski definition) is 0. The molecule has 0 fully saturated rings. The minimum atomic E-state index is -0.268. The van der Waals surface area contributed by atoms with Crippen molar-refractivity contribution < 1.29 is 9.53 Å². The fraction of sp³-hybridized carbons (Fsp3) is 0.417. The van der Waals surface area contributed by atoms with Gasteiger partial charge in [-0.2, -0.15) is 0 Å². The van der Waals surface area contributed by atoms with Crippen LogP contribution in [0, 0.1) is 6.92 Å². The zero-order valence-electron chi connectivity index (χ0n) is 11.1. The Morgan fingerprint density at radius 3 is 2.50 bits per heavy atom. The van der Waals surface area contributed by atoms with Crippen LogP contribution in [0.2, 0.25) is 5.15 Å². The first kappa shape index (κ1) is 14.4. The molecule has 1 aromatic rings. The van der Waals surface area contributed by atoms with Crippen molar-refractivity contribution in [1.29, 1.82) is 0 Å². The van der Waals surface area contributed by atoms with Crippen LogP contribution in [0.25, 0.3) is 0 Å². The Morgan fingerprint density at radius 1 is 1.39 bits per heavy atom. The molecule has 0 saturated carbocycles. The highest BCUT2D eigenvalue weighted by Crippen LogP contribution is 2.22. The van der Waals surface area contributed by atoms with E-state index in [1.165, 1.54) is 18.3 Å². The van der Waals surface area contributed by atoms with Gasteiger partial charge in [0.2, 0.25) is 0 Å². The van der Waals surface area contributed by atoms with E-state index in [0.29, 0.717) is 22.3 Å². The number of carbonyl (C=O) groups excluding carboxylic acids is 1. The molecule has 0 bridgehead atoms. The summed E-state index contributed by atoms with van der Waals surface area (Å²) in [5.41, 5.74) is 1.45. The molecule has 0 aliphatic carbocycles. The standard InChI is InChI=1S/C12H16ClN3O2/c1-7(2)9(18-5)12(17)16(4)11-8(3)10(13)14-6-15-11/h6H,1-5H3. The molecule has 0 atom stereocenters. The highest BCUT2D eigenvalue weighted by molar-refractivity contribution is 6.30. The predicted octanol–water partition coefficient (Wildman–Crippen LogP) is 2.34. The first-order chi connectivity index (χ1) is 8.40. The summed E-state index contributed by atoms with van der Waals surface area (Å²) in [6.45, 7) is 5.38. The Morgan fingerprint density at radius 2 is 2.00 bits per heavy atom. The summed E-state index contributed by atoms with van der Waals surface area (Å²) in [5.74, 6) is 0.498. The SMILES string of the molecule is COC(C(=O)N(C)c1ncnc(Cl)c1C)=C(C)C. The Hall–Kier alpha value is -1.62. The molecule has 98 valence electrons. The number of rotatable bonds is 3. The summed E-state index contributed by atoms with van der Waals surface area (Å²) in [4.78, 5) is 21.5. The zero-order valence-corrected chi connectivity index (χ0v) is 11.9. The minimum absolute atomic E-state index is 0.268. The van der Waals surface area contributed by atoms with Crippen molar-refractivity contribution in [2.75, 3.05) is 19.1 Å². The van der Waals surface area contributed by atoms with Crippen LogP contribution in [0.3, 0.4) is 0 Å². The number of nitrogens with zero attached hydrogens (tertiary/aromatic N) is 3. The van der Waals surface area contributed by atoms with Crippen molar-refractivity contribution in [2.45, 2.75) is 20.8 Å². The van der Waals surface area contributed by atoms with E-state index in [9.17, 15) is 4.79 Å². The van der Waals surface area contributed by atoms with Crippen molar-refractivity contribution in [3.8, 4) is 0 Å². The molecule has 0 saturated heterocycles. The van der Waals surface area contributed by atoms with Gasteiger partial charge in [0, 0.05) is 12.6 Å². The molecule has 0 unspecified atom stereocenters. The molecule has 0 aromatic carbocycles. The third kappa shape index (κ3) is 2.79. The third-order valence-corrected chi connectivity index (χ3v) is 2.85. The topological polar surface area (TPSA) is 55.3 Å². The summed E-state index contributed by atoms with van der Waals surface area (Å²) in [6, 6.07) is 0. The molecule has 1 heterocycles. The largest absolute Gasteiger partial charge is 0.491 e. The van der Waals surface area contributed by atoms with Gasteiger partial charge < -0.3 is 4.74 Å². The molecule has 0 radical (unpaired) electrons. The Balaban J connectivity index is 3.15. The van der Waals surface area contributed by atoms with Crippen LogP contribution >= 0.6 is 11.6 Å². The summed E-state index contributed by atoms with van der Waals surface area (Å²) in [5, 5.41) is 0.329. The Labute approximate surface area is 111 Å². The molecular weight excluding hydrogens is 254 g/mol. The van der Waals surface area contributed by atoms with Crippen molar-refractivity contribution in [1.82, 2.24) is 9.97 Å². The number of methoxy groups -OCH3 is 1. The van der Waals surface area contributed by atoms with Crippen LogP contribution in [0.15, 0.2) is 17.7 Å². The summed E-state index contributed by atoms with van der Waals surface area (Å²) >= 11 is 5.91. The fourth-order valence-corrected chi connectivity index (χ4v) is 1.64. The van der Waals surface area contributed by atoms with E-state index >= 15 is 0 Å². The van der Waals surface area contributed by atoms with Crippen molar-refractivity contribution in [3.05, 3.63) is 28.4 Å². The number of halogens is 1. The second kappa shape index (κ2) is 5.82. The lowest BCUT2D eigenvalue weighted by molar-refractivity contribution is -0.117. The second-order valence-corrected chi connectivity index (χ2v) is 4.37. The van der Waals surface area contributed by atoms with Crippen LogP contribution in [-0.2, 0) is 9.53 Å². The van der Waals surface area contributed by atoms with E-state index in [2.05, 4.69) is 9.97 Å². The average Bonchev–Trinajstić information content (AvgIpc) is 2.32.